The zero-order valence-corrected chi connectivity index (χ0v) is 19.9. The van der Waals surface area contributed by atoms with E-state index < -0.39 is 0 Å². The minimum absolute atomic E-state index is 0.0580. The first-order valence-corrected chi connectivity index (χ1v) is 11.8. The Labute approximate surface area is 196 Å². The van der Waals surface area contributed by atoms with E-state index in [1.54, 1.807) is 0 Å². The smallest absolute Gasteiger partial charge is 0.236 e. The lowest BCUT2D eigenvalue weighted by atomic mass is 10.1. The molecule has 0 saturated heterocycles. The third-order valence-corrected chi connectivity index (χ3v) is 6.52. The second-order valence-electron chi connectivity index (χ2n) is 8.45. The number of likely N-dealkylation sites (N-methyl/N-ethyl adjacent to an activating group) is 1. The highest BCUT2D eigenvalue weighted by atomic mass is 16.2. The predicted molar refractivity (Wildman–Crippen MR) is 135 cm³/mol. The van der Waals surface area contributed by atoms with Crippen molar-refractivity contribution in [2.45, 2.75) is 39.8 Å². The molecule has 170 valence electrons. The highest BCUT2D eigenvalue weighted by Gasteiger charge is 2.28. The van der Waals surface area contributed by atoms with Gasteiger partial charge in [0.25, 0.3) is 0 Å². The molecule has 4 rings (SSSR count). The molecule has 0 spiro atoms. The molecule has 4 aromatic rings. The second kappa shape index (κ2) is 10.1. The van der Waals surface area contributed by atoms with Gasteiger partial charge in [-0.3, -0.25) is 19.7 Å². The Hall–Kier alpha value is -3.31. The van der Waals surface area contributed by atoms with Crippen LogP contribution in [-0.2, 0) is 4.79 Å². The number of aromatic nitrogens is 2. The number of carbonyl (C=O) groups is 1. The lowest BCUT2D eigenvalue weighted by Crippen LogP contribution is -2.42. The molecule has 1 amide bonds. The van der Waals surface area contributed by atoms with Crippen molar-refractivity contribution in [1.29, 1.82) is 0 Å². The molecule has 0 aliphatic heterocycles. The van der Waals surface area contributed by atoms with Gasteiger partial charge in [-0.05, 0) is 52.0 Å². The highest BCUT2D eigenvalue weighted by molar-refractivity contribution is 5.80. The normalized spacial score (nSPS) is 13.4. The first-order chi connectivity index (χ1) is 16.0. The fraction of sp³-hybridized carbons (Fsp3) is 0.321. The second-order valence-corrected chi connectivity index (χ2v) is 8.45. The zero-order valence-electron chi connectivity index (χ0n) is 19.9. The Morgan fingerprint density at radius 2 is 1.18 bits per heavy atom. The molecule has 2 atom stereocenters. The van der Waals surface area contributed by atoms with Gasteiger partial charge < -0.3 is 4.90 Å². The number of para-hydroxylation sites is 2. The van der Waals surface area contributed by atoms with Crippen molar-refractivity contribution in [3.8, 4) is 0 Å². The summed E-state index contributed by atoms with van der Waals surface area (Å²) in [6.45, 7) is 10.0. The summed E-state index contributed by atoms with van der Waals surface area (Å²) in [7, 11) is 0. The molecular weight excluding hydrogens is 408 g/mol. The predicted octanol–water partition coefficient (Wildman–Crippen LogP) is 5.78. The van der Waals surface area contributed by atoms with Crippen molar-refractivity contribution in [3.63, 3.8) is 0 Å². The fourth-order valence-corrected chi connectivity index (χ4v) is 4.41. The maximum Gasteiger partial charge on any atom is 0.236 e. The molecular formula is C28H32N4O. The summed E-state index contributed by atoms with van der Waals surface area (Å²) >= 11 is 0. The molecule has 0 unspecified atom stereocenters. The molecule has 0 N–H and O–H groups in total. The highest BCUT2D eigenvalue weighted by Crippen LogP contribution is 2.30. The maximum atomic E-state index is 13.2. The van der Waals surface area contributed by atoms with Gasteiger partial charge in [-0.1, -0.05) is 48.5 Å². The van der Waals surface area contributed by atoms with Crippen LogP contribution in [0.4, 0.5) is 0 Å². The standard InChI is InChI=1S/C28H32N4O/c1-5-31(6-2)28(33)19-32(20(3)24-17-15-22-11-7-9-13-26(22)29-24)21(4)25-18-16-23-12-8-10-14-27(23)30-25/h7-18,20-21H,5-6,19H2,1-4H3/t20-,21-/m0/s1. The first-order valence-electron chi connectivity index (χ1n) is 11.8. The quantitative estimate of drug-likeness (QED) is 0.349. The van der Waals surface area contributed by atoms with Crippen LogP contribution in [0.2, 0.25) is 0 Å². The van der Waals surface area contributed by atoms with Crippen molar-refractivity contribution < 1.29 is 4.79 Å². The van der Waals surface area contributed by atoms with Crippen molar-refractivity contribution in [2.75, 3.05) is 19.6 Å². The van der Waals surface area contributed by atoms with Crippen LogP contribution >= 0.6 is 0 Å². The summed E-state index contributed by atoms with van der Waals surface area (Å²) in [5.74, 6) is 0.125. The Morgan fingerprint density at radius 1 is 0.727 bits per heavy atom. The molecule has 0 saturated carbocycles. The van der Waals surface area contributed by atoms with Gasteiger partial charge in [0.05, 0.1) is 41.0 Å². The van der Waals surface area contributed by atoms with Crippen LogP contribution in [0.1, 0.15) is 51.2 Å². The van der Waals surface area contributed by atoms with Gasteiger partial charge in [0.2, 0.25) is 5.91 Å². The Balaban J connectivity index is 1.71. The molecule has 2 heterocycles. The first kappa shape index (κ1) is 22.9. The fourth-order valence-electron chi connectivity index (χ4n) is 4.41. The molecule has 5 nitrogen and oxygen atoms in total. The number of nitrogens with zero attached hydrogens (tertiary/aromatic N) is 4. The van der Waals surface area contributed by atoms with E-state index in [1.165, 1.54) is 0 Å². The van der Waals surface area contributed by atoms with E-state index in [0.717, 1.165) is 33.2 Å². The summed E-state index contributed by atoms with van der Waals surface area (Å²) in [6, 6.07) is 24.5. The van der Waals surface area contributed by atoms with Crippen molar-refractivity contribution in [2.24, 2.45) is 0 Å². The number of hydrogen-bond acceptors (Lipinski definition) is 4. The van der Waals surface area contributed by atoms with Crippen LogP contribution in [0, 0.1) is 0 Å². The van der Waals surface area contributed by atoms with E-state index in [1.807, 2.05) is 55.1 Å². The van der Waals surface area contributed by atoms with Crippen molar-refractivity contribution in [1.82, 2.24) is 19.8 Å². The van der Waals surface area contributed by atoms with E-state index >= 15 is 0 Å². The zero-order chi connectivity index (χ0) is 23.4. The molecule has 0 aliphatic rings. The molecule has 0 aliphatic carbocycles. The monoisotopic (exact) mass is 440 g/mol. The van der Waals surface area contributed by atoms with Gasteiger partial charge in [0.1, 0.15) is 0 Å². The van der Waals surface area contributed by atoms with E-state index in [0.29, 0.717) is 19.6 Å². The number of pyridine rings is 2. The SMILES string of the molecule is CCN(CC)C(=O)CN([C@@H](C)c1ccc2ccccc2n1)[C@@H](C)c1ccc2ccccc2n1. The average molecular weight is 441 g/mol. The van der Waals surface area contributed by atoms with E-state index in [2.05, 4.69) is 55.1 Å². The summed E-state index contributed by atoms with van der Waals surface area (Å²) in [5, 5.41) is 2.23. The van der Waals surface area contributed by atoms with E-state index in [9.17, 15) is 4.79 Å². The molecule has 0 radical (unpaired) electrons. The molecule has 33 heavy (non-hydrogen) atoms. The van der Waals surface area contributed by atoms with Gasteiger partial charge >= 0.3 is 0 Å². The lowest BCUT2D eigenvalue weighted by Gasteiger charge is -2.35. The molecule has 2 aromatic heterocycles. The van der Waals surface area contributed by atoms with Gasteiger partial charge in [-0.25, -0.2) is 0 Å². The number of hydrogen-bond donors (Lipinski definition) is 0. The van der Waals surface area contributed by atoms with Crippen molar-refractivity contribution in [3.05, 3.63) is 84.2 Å². The van der Waals surface area contributed by atoms with Crippen LogP contribution in [0.15, 0.2) is 72.8 Å². The number of amides is 1. The van der Waals surface area contributed by atoms with Crippen LogP contribution in [0.25, 0.3) is 21.8 Å². The minimum Gasteiger partial charge on any atom is -0.342 e. The number of benzene rings is 2. The third kappa shape index (κ3) is 4.88. The topological polar surface area (TPSA) is 49.3 Å². The van der Waals surface area contributed by atoms with E-state index in [4.69, 9.17) is 9.97 Å². The molecule has 0 bridgehead atoms. The maximum absolute atomic E-state index is 13.2. The summed E-state index contributed by atoms with van der Waals surface area (Å²) in [5.41, 5.74) is 3.84. The number of rotatable bonds is 8. The Morgan fingerprint density at radius 3 is 1.64 bits per heavy atom. The van der Waals surface area contributed by atoms with Crippen LogP contribution in [-0.4, -0.2) is 45.3 Å². The van der Waals surface area contributed by atoms with Gasteiger partial charge in [-0.2, -0.15) is 0 Å². The van der Waals surface area contributed by atoms with Crippen LogP contribution < -0.4 is 0 Å². The third-order valence-electron chi connectivity index (χ3n) is 6.52. The minimum atomic E-state index is -0.0580. The number of carbonyl (C=O) groups excluding carboxylic acids is 1. The Bertz CT molecular complexity index is 1170. The van der Waals surface area contributed by atoms with Crippen LogP contribution in [0.5, 0.6) is 0 Å². The van der Waals surface area contributed by atoms with Crippen molar-refractivity contribution >= 4 is 27.7 Å². The summed E-state index contributed by atoms with van der Waals surface area (Å²) in [6.07, 6.45) is 0. The van der Waals surface area contributed by atoms with Gasteiger partial charge in [-0.15, -0.1) is 0 Å². The lowest BCUT2D eigenvalue weighted by molar-refractivity contribution is -0.133. The van der Waals surface area contributed by atoms with Gasteiger partial charge in [0.15, 0.2) is 0 Å². The molecule has 5 heteroatoms. The molecule has 0 fully saturated rings. The average Bonchev–Trinajstić information content (AvgIpc) is 2.86. The van der Waals surface area contributed by atoms with Gasteiger partial charge in [0, 0.05) is 23.9 Å². The largest absolute Gasteiger partial charge is 0.342 e. The summed E-state index contributed by atoms with van der Waals surface area (Å²) in [4.78, 5) is 27.1. The number of fused-ring (bicyclic) bond motifs is 2. The Kier molecular flexibility index (Phi) is 6.99. The summed E-state index contributed by atoms with van der Waals surface area (Å²) < 4.78 is 0. The van der Waals surface area contributed by atoms with E-state index in [-0.39, 0.29) is 18.0 Å². The van der Waals surface area contributed by atoms with Crippen LogP contribution in [0.3, 0.4) is 0 Å². The molecule has 2 aromatic carbocycles.